The van der Waals surface area contributed by atoms with Gasteiger partial charge < -0.3 is 10.1 Å². The first-order valence-corrected chi connectivity index (χ1v) is 6.89. The monoisotopic (exact) mass is 257 g/mol. The zero-order valence-corrected chi connectivity index (χ0v) is 11.4. The van der Waals surface area contributed by atoms with Crippen LogP contribution in [0.3, 0.4) is 0 Å². The SMILES string of the molecule is Cc1cc(C)c2[nH]c3c(c2c1)C(CC(=O)O)CCC3. The molecule has 3 nitrogen and oxygen atoms in total. The number of benzene rings is 1. The Morgan fingerprint density at radius 3 is 2.95 bits per heavy atom. The maximum absolute atomic E-state index is 11.1. The molecule has 1 aliphatic rings. The highest BCUT2D eigenvalue weighted by atomic mass is 16.4. The fraction of sp³-hybridized carbons (Fsp3) is 0.438. The third-order valence-electron chi connectivity index (χ3n) is 4.18. The van der Waals surface area contributed by atoms with E-state index < -0.39 is 5.97 Å². The Labute approximate surface area is 112 Å². The number of aromatic amines is 1. The molecule has 1 aromatic carbocycles. The zero-order valence-electron chi connectivity index (χ0n) is 11.4. The van der Waals surface area contributed by atoms with Gasteiger partial charge in [-0.1, -0.05) is 11.6 Å². The van der Waals surface area contributed by atoms with E-state index in [4.69, 9.17) is 5.11 Å². The van der Waals surface area contributed by atoms with Crippen molar-refractivity contribution in [3.63, 3.8) is 0 Å². The standard InChI is InChI=1S/C16H19NO2/c1-9-6-10(2)16-12(7-9)15-11(8-14(18)19)4-3-5-13(15)17-16/h6-7,11,17H,3-5,8H2,1-2H3,(H,18,19). The molecule has 0 saturated heterocycles. The average molecular weight is 257 g/mol. The van der Waals surface area contributed by atoms with Gasteiger partial charge in [0.1, 0.15) is 0 Å². The molecule has 3 heteroatoms. The van der Waals surface area contributed by atoms with E-state index in [9.17, 15) is 4.79 Å². The van der Waals surface area contributed by atoms with Crippen molar-refractivity contribution < 1.29 is 9.90 Å². The number of H-pyrrole nitrogens is 1. The second-order valence-corrected chi connectivity index (χ2v) is 5.71. The summed E-state index contributed by atoms with van der Waals surface area (Å²) in [6.45, 7) is 4.21. The van der Waals surface area contributed by atoms with Crippen molar-refractivity contribution in [1.29, 1.82) is 0 Å². The molecule has 0 aliphatic heterocycles. The van der Waals surface area contributed by atoms with Crippen molar-refractivity contribution in [3.8, 4) is 0 Å². The van der Waals surface area contributed by atoms with Gasteiger partial charge in [-0.2, -0.15) is 0 Å². The van der Waals surface area contributed by atoms with E-state index in [2.05, 4.69) is 31.0 Å². The Bertz CT molecular complexity index is 654. The fourth-order valence-corrected chi connectivity index (χ4v) is 3.47. The predicted octanol–water partition coefficient (Wildman–Crippen LogP) is 3.68. The van der Waals surface area contributed by atoms with Crippen LogP contribution in [0.4, 0.5) is 0 Å². The molecule has 19 heavy (non-hydrogen) atoms. The minimum atomic E-state index is -0.698. The third-order valence-corrected chi connectivity index (χ3v) is 4.18. The Morgan fingerprint density at radius 2 is 2.21 bits per heavy atom. The van der Waals surface area contributed by atoms with Crippen LogP contribution >= 0.6 is 0 Å². The summed E-state index contributed by atoms with van der Waals surface area (Å²) >= 11 is 0. The number of carboxylic acid groups (broad SMARTS) is 1. The molecule has 1 heterocycles. The summed E-state index contributed by atoms with van der Waals surface area (Å²) in [5.74, 6) is -0.534. The molecule has 3 rings (SSSR count). The van der Waals surface area contributed by atoms with Crippen LogP contribution in [0.5, 0.6) is 0 Å². The van der Waals surface area contributed by atoms with Gasteiger partial charge in [-0.25, -0.2) is 0 Å². The Morgan fingerprint density at radius 1 is 1.42 bits per heavy atom. The number of hydrogen-bond donors (Lipinski definition) is 2. The van der Waals surface area contributed by atoms with Crippen molar-refractivity contribution in [2.45, 2.75) is 45.4 Å². The molecule has 0 spiro atoms. The van der Waals surface area contributed by atoms with E-state index in [0.717, 1.165) is 19.3 Å². The van der Waals surface area contributed by atoms with Crippen LogP contribution in [0, 0.1) is 13.8 Å². The van der Waals surface area contributed by atoms with Crippen molar-refractivity contribution in [1.82, 2.24) is 4.98 Å². The second-order valence-electron chi connectivity index (χ2n) is 5.71. The topological polar surface area (TPSA) is 53.1 Å². The number of aromatic nitrogens is 1. The van der Waals surface area contributed by atoms with E-state index in [1.54, 1.807) is 0 Å². The highest BCUT2D eigenvalue weighted by molar-refractivity contribution is 5.89. The molecule has 2 N–H and O–H groups in total. The van der Waals surface area contributed by atoms with Crippen molar-refractivity contribution in [3.05, 3.63) is 34.5 Å². The Kier molecular flexibility index (Phi) is 2.85. The minimum absolute atomic E-state index is 0.163. The van der Waals surface area contributed by atoms with Crippen molar-refractivity contribution in [2.24, 2.45) is 0 Å². The summed E-state index contributed by atoms with van der Waals surface area (Å²) in [7, 11) is 0. The van der Waals surface area contributed by atoms with E-state index in [0.29, 0.717) is 0 Å². The third kappa shape index (κ3) is 2.03. The smallest absolute Gasteiger partial charge is 0.303 e. The molecule has 1 aromatic heterocycles. The van der Waals surface area contributed by atoms with Crippen molar-refractivity contribution >= 4 is 16.9 Å². The van der Waals surface area contributed by atoms with Crippen LogP contribution < -0.4 is 0 Å². The van der Waals surface area contributed by atoms with E-state index in [-0.39, 0.29) is 12.3 Å². The molecule has 0 fully saturated rings. The molecule has 0 amide bonds. The minimum Gasteiger partial charge on any atom is -0.481 e. The van der Waals surface area contributed by atoms with Gasteiger partial charge >= 0.3 is 5.97 Å². The van der Waals surface area contributed by atoms with E-state index in [1.807, 2.05) is 0 Å². The van der Waals surface area contributed by atoms with E-state index in [1.165, 1.54) is 33.3 Å². The molecule has 1 atom stereocenters. The normalized spacial score (nSPS) is 18.5. The number of nitrogens with one attached hydrogen (secondary N) is 1. The van der Waals surface area contributed by atoms with Crippen molar-refractivity contribution in [2.75, 3.05) is 0 Å². The number of rotatable bonds is 2. The summed E-state index contributed by atoms with van der Waals surface area (Å²) in [5.41, 5.74) is 6.19. The largest absolute Gasteiger partial charge is 0.481 e. The lowest BCUT2D eigenvalue weighted by Crippen LogP contribution is -2.12. The highest BCUT2D eigenvalue weighted by Crippen LogP contribution is 2.40. The summed E-state index contributed by atoms with van der Waals surface area (Å²) < 4.78 is 0. The maximum atomic E-state index is 11.1. The quantitative estimate of drug-likeness (QED) is 0.862. The second kappa shape index (κ2) is 4.41. The molecule has 0 radical (unpaired) electrons. The summed E-state index contributed by atoms with van der Waals surface area (Å²) in [6, 6.07) is 4.37. The number of carbonyl (C=O) groups is 1. The first-order valence-electron chi connectivity index (χ1n) is 6.89. The van der Waals surface area contributed by atoms with Gasteiger partial charge in [-0.15, -0.1) is 0 Å². The number of fused-ring (bicyclic) bond motifs is 3. The van der Waals surface area contributed by atoms with Gasteiger partial charge in [-0.05, 0) is 56.2 Å². The summed E-state index contributed by atoms with van der Waals surface area (Å²) in [5, 5.41) is 10.3. The van der Waals surface area contributed by atoms with Gasteiger partial charge in [-0.3, -0.25) is 4.79 Å². The van der Waals surface area contributed by atoms with Crippen LogP contribution in [0.2, 0.25) is 0 Å². The van der Waals surface area contributed by atoms with Gasteiger partial charge in [0.05, 0.1) is 6.42 Å². The summed E-state index contributed by atoms with van der Waals surface area (Å²) in [6.07, 6.45) is 3.35. The first kappa shape index (κ1) is 12.3. The molecule has 0 bridgehead atoms. The molecule has 1 unspecified atom stereocenters. The van der Waals surface area contributed by atoms with Gasteiger partial charge in [0.2, 0.25) is 0 Å². The summed E-state index contributed by atoms with van der Waals surface area (Å²) in [4.78, 5) is 14.6. The van der Waals surface area contributed by atoms with Crippen LogP contribution in [-0.2, 0) is 11.2 Å². The molecule has 100 valence electrons. The lowest BCUT2D eigenvalue weighted by Gasteiger charge is -2.21. The Hall–Kier alpha value is -1.77. The van der Waals surface area contributed by atoms with Gasteiger partial charge in [0, 0.05) is 16.6 Å². The van der Waals surface area contributed by atoms with Crippen LogP contribution in [0.25, 0.3) is 10.9 Å². The van der Waals surface area contributed by atoms with Gasteiger partial charge in [0.25, 0.3) is 0 Å². The van der Waals surface area contributed by atoms with E-state index >= 15 is 0 Å². The zero-order chi connectivity index (χ0) is 13.6. The lowest BCUT2D eigenvalue weighted by molar-refractivity contribution is -0.137. The molecular weight excluding hydrogens is 238 g/mol. The predicted molar refractivity (Wildman–Crippen MR) is 75.7 cm³/mol. The van der Waals surface area contributed by atoms with Crippen LogP contribution in [0.1, 0.15) is 47.6 Å². The molecule has 1 aliphatic carbocycles. The first-order chi connectivity index (χ1) is 9.06. The molecule has 2 aromatic rings. The average Bonchev–Trinajstić information content (AvgIpc) is 2.68. The van der Waals surface area contributed by atoms with Crippen LogP contribution in [-0.4, -0.2) is 16.1 Å². The maximum Gasteiger partial charge on any atom is 0.303 e. The highest BCUT2D eigenvalue weighted by Gasteiger charge is 2.26. The van der Waals surface area contributed by atoms with Crippen LogP contribution in [0.15, 0.2) is 12.1 Å². The van der Waals surface area contributed by atoms with Gasteiger partial charge in [0.15, 0.2) is 0 Å². The lowest BCUT2D eigenvalue weighted by atomic mass is 9.83. The molecule has 0 saturated carbocycles. The number of hydrogen-bond acceptors (Lipinski definition) is 1. The number of aliphatic carboxylic acids is 1. The number of carboxylic acids is 1. The number of aryl methyl sites for hydroxylation is 3. The molecular formula is C16H19NO2. The Balaban J connectivity index is 2.21. The fourth-order valence-electron chi connectivity index (χ4n) is 3.47.